The molecule has 0 aromatic rings. The normalized spacial score (nSPS) is 12.4. The smallest absolute Gasteiger partial charge is 0.457 e. The zero-order valence-electron chi connectivity index (χ0n) is 28.1. The number of phosphoric acid groups is 1. The van der Waals surface area contributed by atoms with Crippen LogP contribution < -0.4 is 5.32 Å². The van der Waals surface area contributed by atoms with Gasteiger partial charge in [-0.2, -0.15) is 0 Å². The third kappa shape index (κ3) is 35.4. The van der Waals surface area contributed by atoms with Crippen LogP contribution in [0.1, 0.15) is 162 Å². The first-order chi connectivity index (χ1) is 21.2. The SMILES string of the molecule is CCCCCCCCCCCCC(=O)O[C@@H](COCOCCCCCCCCCCCCCCNC(C)=O)COP(=O)(O)O. The molecule has 0 aliphatic carbocycles. The van der Waals surface area contributed by atoms with Crippen LogP contribution in [0.25, 0.3) is 0 Å². The van der Waals surface area contributed by atoms with E-state index in [0.717, 1.165) is 45.1 Å². The van der Waals surface area contributed by atoms with Crippen LogP contribution >= 0.6 is 7.82 Å². The Labute approximate surface area is 268 Å². The van der Waals surface area contributed by atoms with Crippen LogP contribution in [0.3, 0.4) is 0 Å². The summed E-state index contributed by atoms with van der Waals surface area (Å²) in [5, 5.41) is 2.84. The molecule has 0 bridgehead atoms. The number of ether oxygens (including phenoxy) is 3. The minimum Gasteiger partial charge on any atom is -0.457 e. The summed E-state index contributed by atoms with van der Waals surface area (Å²) in [6, 6.07) is 0. The summed E-state index contributed by atoms with van der Waals surface area (Å²) in [4.78, 5) is 41.1. The van der Waals surface area contributed by atoms with Crippen molar-refractivity contribution in [3.8, 4) is 0 Å². The van der Waals surface area contributed by atoms with Crippen LogP contribution in [-0.2, 0) is 32.9 Å². The number of nitrogens with one attached hydrogen (secondary N) is 1. The van der Waals surface area contributed by atoms with Crippen LogP contribution in [0, 0.1) is 0 Å². The second-order valence-corrected chi connectivity index (χ2v) is 13.2. The van der Waals surface area contributed by atoms with E-state index in [4.69, 9.17) is 24.0 Å². The van der Waals surface area contributed by atoms with Crippen LogP contribution in [0.2, 0.25) is 0 Å². The van der Waals surface area contributed by atoms with Gasteiger partial charge in [-0.05, 0) is 19.3 Å². The summed E-state index contributed by atoms with van der Waals surface area (Å²) in [5.74, 6) is -0.361. The second kappa shape index (κ2) is 31.9. The Morgan fingerprint density at radius 3 is 1.64 bits per heavy atom. The molecule has 44 heavy (non-hydrogen) atoms. The lowest BCUT2D eigenvalue weighted by molar-refractivity contribution is -0.158. The molecule has 1 atom stereocenters. The number of rotatable bonds is 34. The molecule has 0 saturated carbocycles. The van der Waals surface area contributed by atoms with E-state index in [-0.39, 0.29) is 25.7 Å². The molecular weight excluding hydrogens is 585 g/mol. The Morgan fingerprint density at radius 2 is 1.14 bits per heavy atom. The molecule has 0 aliphatic rings. The molecule has 0 rings (SSSR count). The van der Waals surface area contributed by atoms with Gasteiger partial charge >= 0.3 is 13.8 Å². The maximum absolute atomic E-state index is 12.3. The van der Waals surface area contributed by atoms with E-state index in [0.29, 0.717) is 6.61 Å². The standard InChI is InChI=1S/C33H66NO9P/c1-3-4-5-6-7-8-13-16-19-22-25-33(36)43-32(29-42-44(37,38)39)28-41-30-40-27-24-21-18-15-12-10-9-11-14-17-20-23-26-34-31(2)35/h32H,3-30H2,1-2H3,(H,34,35)(H2,37,38,39)/t32-/m0/s1. The molecule has 262 valence electrons. The van der Waals surface area contributed by atoms with Gasteiger partial charge in [-0.1, -0.05) is 129 Å². The van der Waals surface area contributed by atoms with Gasteiger partial charge in [0.15, 0.2) is 0 Å². The molecule has 0 fully saturated rings. The van der Waals surface area contributed by atoms with Crippen LogP contribution in [-0.4, -0.2) is 60.9 Å². The second-order valence-electron chi connectivity index (χ2n) is 12.0. The predicted molar refractivity (Wildman–Crippen MR) is 175 cm³/mol. The Morgan fingerprint density at radius 1 is 0.659 bits per heavy atom. The van der Waals surface area contributed by atoms with Crippen molar-refractivity contribution in [2.45, 2.75) is 168 Å². The van der Waals surface area contributed by atoms with Crippen molar-refractivity contribution >= 4 is 19.7 Å². The molecule has 0 radical (unpaired) electrons. The van der Waals surface area contributed by atoms with Crippen molar-refractivity contribution in [2.75, 3.05) is 33.2 Å². The van der Waals surface area contributed by atoms with Crippen molar-refractivity contribution in [1.82, 2.24) is 5.32 Å². The summed E-state index contributed by atoms with van der Waals surface area (Å²) < 4.78 is 32.0. The van der Waals surface area contributed by atoms with Gasteiger partial charge in [0.25, 0.3) is 0 Å². The minimum atomic E-state index is -4.68. The zero-order chi connectivity index (χ0) is 32.6. The Balaban J connectivity index is 3.74. The van der Waals surface area contributed by atoms with Crippen LogP contribution in [0.5, 0.6) is 0 Å². The Kier molecular flexibility index (Phi) is 31.2. The van der Waals surface area contributed by atoms with Crippen molar-refractivity contribution in [3.63, 3.8) is 0 Å². The third-order valence-electron chi connectivity index (χ3n) is 7.52. The molecule has 0 saturated heterocycles. The van der Waals surface area contributed by atoms with E-state index < -0.39 is 26.5 Å². The van der Waals surface area contributed by atoms with Crippen molar-refractivity contribution in [3.05, 3.63) is 0 Å². The molecule has 0 heterocycles. The third-order valence-corrected chi connectivity index (χ3v) is 8.01. The van der Waals surface area contributed by atoms with Gasteiger partial charge in [0.1, 0.15) is 12.9 Å². The number of phosphoric ester groups is 1. The first-order valence-electron chi connectivity index (χ1n) is 17.5. The van der Waals surface area contributed by atoms with Crippen LogP contribution in [0.4, 0.5) is 0 Å². The average molecular weight is 652 g/mol. The van der Waals surface area contributed by atoms with Gasteiger partial charge in [0.2, 0.25) is 5.91 Å². The molecule has 0 spiro atoms. The van der Waals surface area contributed by atoms with Gasteiger partial charge in [0, 0.05) is 26.5 Å². The van der Waals surface area contributed by atoms with Crippen LogP contribution in [0.15, 0.2) is 0 Å². The van der Waals surface area contributed by atoms with E-state index in [1.54, 1.807) is 6.92 Å². The van der Waals surface area contributed by atoms with Crippen molar-refractivity contribution in [1.29, 1.82) is 0 Å². The van der Waals surface area contributed by atoms with Gasteiger partial charge in [0.05, 0.1) is 13.2 Å². The van der Waals surface area contributed by atoms with E-state index >= 15 is 0 Å². The number of esters is 1. The highest BCUT2D eigenvalue weighted by Gasteiger charge is 2.21. The van der Waals surface area contributed by atoms with E-state index in [1.807, 2.05) is 0 Å². The lowest BCUT2D eigenvalue weighted by Crippen LogP contribution is -2.28. The molecule has 3 N–H and O–H groups in total. The topological polar surface area (TPSA) is 141 Å². The fourth-order valence-electron chi connectivity index (χ4n) is 4.96. The van der Waals surface area contributed by atoms with E-state index in [9.17, 15) is 14.2 Å². The largest absolute Gasteiger partial charge is 0.469 e. The highest BCUT2D eigenvalue weighted by molar-refractivity contribution is 7.46. The maximum atomic E-state index is 12.3. The zero-order valence-corrected chi connectivity index (χ0v) is 29.0. The van der Waals surface area contributed by atoms with Gasteiger partial charge < -0.3 is 29.3 Å². The number of amides is 1. The molecular formula is C33H66NO9P. The average Bonchev–Trinajstić information content (AvgIpc) is 2.97. The number of hydrogen-bond donors (Lipinski definition) is 3. The monoisotopic (exact) mass is 651 g/mol. The van der Waals surface area contributed by atoms with Gasteiger partial charge in [-0.15, -0.1) is 0 Å². The predicted octanol–water partition coefficient (Wildman–Crippen LogP) is 8.13. The summed E-state index contributed by atoms with van der Waals surface area (Å²) in [6.45, 7) is 4.68. The summed E-state index contributed by atoms with van der Waals surface area (Å²) in [7, 11) is -4.68. The number of carbonyl (C=O) groups excluding carboxylic acids is 2. The maximum Gasteiger partial charge on any atom is 0.469 e. The molecule has 11 heteroatoms. The molecule has 1 amide bonds. The number of unbranched alkanes of at least 4 members (excludes halogenated alkanes) is 20. The molecule has 0 aromatic heterocycles. The van der Waals surface area contributed by atoms with E-state index in [2.05, 4.69) is 16.8 Å². The van der Waals surface area contributed by atoms with Crippen molar-refractivity contribution in [2.24, 2.45) is 0 Å². The van der Waals surface area contributed by atoms with Gasteiger partial charge in [-0.25, -0.2) is 4.57 Å². The van der Waals surface area contributed by atoms with Gasteiger partial charge in [-0.3, -0.25) is 14.1 Å². The molecule has 0 aromatic carbocycles. The Bertz CT molecular complexity index is 705. The lowest BCUT2D eigenvalue weighted by Gasteiger charge is -2.18. The summed E-state index contributed by atoms with van der Waals surface area (Å²) in [5.41, 5.74) is 0. The number of hydrogen-bond acceptors (Lipinski definition) is 7. The summed E-state index contributed by atoms with van der Waals surface area (Å²) >= 11 is 0. The first kappa shape index (κ1) is 43.0. The lowest BCUT2D eigenvalue weighted by atomic mass is 10.1. The minimum absolute atomic E-state index is 0.0235. The highest BCUT2D eigenvalue weighted by atomic mass is 31.2. The fraction of sp³-hybridized carbons (Fsp3) is 0.939. The molecule has 0 unspecified atom stereocenters. The highest BCUT2D eigenvalue weighted by Crippen LogP contribution is 2.35. The fourth-order valence-corrected chi connectivity index (χ4v) is 5.32. The quantitative estimate of drug-likeness (QED) is 0.0272. The summed E-state index contributed by atoms with van der Waals surface area (Å²) in [6.07, 6.45) is 25.4. The first-order valence-corrected chi connectivity index (χ1v) is 19.1. The van der Waals surface area contributed by atoms with E-state index in [1.165, 1.54) is 103 Å². The molecule has 10 nitrogen and oxygen atoms in total. The van der Waals surface area contributed by atoms with Crippen molar-refractivity contribution < 1.29 is 42.7 Å². The number of carbonyl (C=O) groups is 2. The Hall–Kier alpha value is -1.03. The molecule has 0 aliphatic heterocycles.